The van der Waals surface area contributed by atoms with Crippen molar-refractivity contribution < 1.29 is 23.0 Å². The molecule has 0 radical (unpaired) electrons. The van der Waals surface area contributed by atoms with E-state index in [2.05, 4.69) is 0 Å². The van der Waals surface area contributed by atoms with Gasteiger partial charge in [-0.1, -0.05) is 19.1 Å². The van der Waals surface area contributed by atoms with Crippen LogP contribution in [0.3, 0.4) is 0 Å². The molecule has 0 aliphatic rings. The third kappa shape index (κ3) is 3.78. The molecule has 2 N–H and O–H groups in total. The molecular formula is C19H23F2NO3. The van der Waals surface area contributed by atoms with Crippen LogP contribution in [0.2, 0.25) is 0 Å². The number of nitrogen functional groups attached to an aromatic ring is 1. The third-order valence-electron chi connectivity index (χ3n) is 4.25. The van der Waals surface area contributed by atoms with Crippen LogP contribution in [-0.4, -0.2) is 21.3 Å². The number of alkyl halides is 2. The van der Waals surface area contributed by atoms with E-state index >= 15 is 0 Å². The minimum Gasteiger partial charge on any atom is -0.493 e. The second kappa shape index (κ2) is 7.17. The molecule has 0 aromatic heterocycles. The first-order valence-electron chi connectivity index (χ1n) is 7.80. The van der Waals surface area contributed by atoms with Crippen molar-refractivity contribution in [1.29, 1.82) is 0 Å². The summed E-state index contributed by atoms with van der Waals surface area (Å²) < 4.78 is 43.0. The molecule has 0 heterocycles. The lowest BCUT2D eigenvalue weighted by Crippen LogP contribution is -2.09. The summed E-state index contributed by atoms with van der Waals surface area (Å²) in [5.41, 5.74) is 7.87. The Kier molecular flexibility index (Phi) is 5.40. The zero-order valence-corrected chi connectivity index (χ0v) is 15.0. The molecule has 0 aliphatic carbocycles. The van der Waals surface area contributed by atoms with Gasteiger partial charge in [-0.15, -0.1) is 0 Å². The van der Waals surface area contributed by atoms with Crippen molar-refractivity contribution in [3.05, 3.63) is 47.0 Å². The Hall–Kier alpha value is -2.50. The van der Waals surface area contributed by atoms with Crippen molar-refractivity contribution in [3.63, 3.8) is 0 Å². The monoisotopic (exact) mass is 351 g/mol. The fourth-order valence-corrected chi connectivity index (χ4v) is 2.77. The molecule has 6 heteroatoms. The molecule has 2 rings (SSSR count). The number of ether oxygens (including phenoxy) is 3. The molecule has 0 saturated carbocycles. The van der Waals surface area contributed by atoms with E-state index in [-0.39, 0.29) is 11.5 Å². The Morgan fingerprint density at radius 3 is 1.92 bits per heavy atom. The normalized spacial score (nSPS) is 12.6. The van der Waals surface area contributed by atoms with Crippen LogP contribution in [0.1, 0.15) is 36.5 Å². The van der Waals surface area contributed by atoms with E-state index in [1.165, 1.54) is 33.5 Å². The van der Waals surface area contributed by atoms with E-state index < -0.39 is 5.92 Å². The van der Waals surface area contributed by atoms with Crippen LogP contribution < -0.4 is 19.9 Å². The molecule has 25 heavy (non-hydrogen) atoms. The Labute approximate surface area is 146 Å². The van der Waals surface area contributed by atoms with Crippen molar-refractivity contribution in [1.82, 2.24) is 0 Å². The topological polar surface area (TPSA) is 53.7 Å². The van der Waals surface area contributed by atoms with Crippen LogP contribution in [0.25, 0.3) is 0 Å². The summed E-state index contributed by atoms with van der Waals surface area (Å²) in [7, 11) is 4.61. The molecule has 1 atom stereocenters. The van der Waals surface area contributed by atoms with Gasteiger partial charge in [0.05, 0.1) is 21.3 Å². The van der Waals surface area contributed by atoms with Crippen molar-refractivity contribution in [3.8, 4) is 17.2 Å². The van der Waals surface area contributed by atoms with Crippen molar-refractivity contribution >= 4 is 5.69 Å². The number of rotatable bonds is 6. The van der Waals surface area contributed by atoms with Crippen LogP contribution in [0.15, 0.2) is 30.3 Å². The number of benzene rings is 2. The number of hydrogen-bond donors (Lipinski definition) is 1. The van der Waals surface area contributed by atoms with Gasteiger partial charge in [-0.2, -0.15) is 0 Å². The molecular weight excluding hydrogens is 328 g/mol. The maximum absolute atomic E-state index is 13.5. The SMILES string of the molecule is COc1cc(C(C)c2ccc(C(C)(F)F)cc2N)cc(OC)c1OC. The van der Waals surface area contributed by atoms with Gasteiger partial charge >= 0.3 is 0 Å². The Morgan fingerprint density at radius 2 is 1.52 bits per heavy atom. The van der Waals surface area contributed by atoms with Gasteiger partial charge in [0.25, 0.3) is 5.92 Å². The summed E-state index contributed by atoms with van der Waals surface area (Å²) in [5, 5.41) is 0. The van der Waals surface area contributed by atoms with Gasteiger partial charge in [-0.05, 0) is 29.3 Å². The number of anilines is 1. The number of halogens is 2. The molecule has 0 aliphatic heterocycles. The van der Waals surface area contributed by atoms with E-state index in [0.717, 1.165) is 18.1 Å². The largest absolute Gasteiger partial charge is 0.493 e. The van der Waals surface area contributed by atoms with Crippen molar-refractivity contribution in [2.24, 2.45) is 0 Å². The Balaban J connectivity index is 2.49. The Bertz CT molecular complexity index is 732. The first kappa shape index (κ1) is 18.8. The summed E-state index contributed by atoms with van der Waals surface area (Å²) in [6, 6.07) is 8.02. The number of hydrogen-bond acceptors (Lipinski definition) is 4. The first-order valence-corrected chi connectivity index (χ1v) is 7.80. The molecule has 0 amide bonds. The minimum absolute atomic E-state index is 0.106. The fraction of sp³-hybridized carbons (Fsp3) is 0.368. The average molecular weight is 351 g/mol. The minimum atomic E-state index is -2.93. The summed E-state index contributed by atoms with van der Waals surface area (Å²) in [6.45, 7) is 2.79. The van der Waals surface area contributed by atoms with Gasteiger partial charge in [-0.3, -0.25) is 0 Å². The van der Waals surface area contributed by atoms with Gasteiger partial charge in [0, 0.05) is 24.1 Å². The average Bonchev–Trinajstić information content (AvgIpc) is 2.58. The fourth-order valence-electron chi connectivity index (χ4n) is 2.77. The van der Waals surface area contributed by atoms with Crippen molar-refractivity contribution in [2.75, 3.05) is 27.1 Å². The molecule has 0 fully saturated rings. The van der Waals surface area contributed by atoms with Crippen LogP contribution in [0.5, 0.6) is 17.2 Å². The van der Waals surface area contributed by atoms with E-state index in [9.17, 15) is 8.78 Å². The highest BCUT2D eigenvalue weighted by Crippen LogP contribution is 2.42. The second-order valence-corrected chi connectivity index (χ2v) is 5.91. The van der Waals surface area contributed by atoms with E-state index in [1.807, 2.05) is 19.1 Å². The molecule has 136 valence electrons. The van der Waals surface area contributed by atoms with E-state index in [0.29, 0.717) is 22.9 Å². The van der Waals surface area contributed by atoms with Crippen LogP contribution in [0, 0.1) is 0 Å². The lowest BCUT2D eigenvalue weighted by atomic mass is 9.90. The molecule has 0 saturated heterocycles. The molecule has 0 bridgehead atoms. The van der Waals surface area contributed by atoms with Crippen LogP contribution >= 0.6 is 0 Å². The number of methoxy groups -OCH3 is 3. The smallest absolute Gasteiger partial charge is 0.270 e. The van der Waals surface area contributed by atoms with Crippen LogP contribution in [0.4, 0.5) is 14.5 Å². The van der Waals surface area contributed by atoms with Gasteiger partial charge < -0.3 is 19.9 Å². The maximum Gasteiger partial charge on any atom is 0.270 e. The Morgan fingerprint density at radius 1 is 0.960 bits per heavy atom. The molecule has 1 unspecified atom stereocenters. The summed E-state index contributed by atoms with van der Waals surface area (Å²) >= 11 is 0. The second-order valence-electron chi connectivity index (χ2n) is 5.91. The maximum atomic E-state index is 13.5. The predicted molar refractivity (Wildman–Crippen MR) is 94.0 cm³/mol. The highest BCUT2D eigenvalue weighted by molar-refractivity contribution is 5.59. The van der Waals surface area contributed by atoms with Crippen molar-refractivity contribution in [2.45, 2.75) is 25.7 Å². The summed E-state index contributed by atoms with van der Waals surface area (Å²) in [5.74, 6) is -1.52. The number of nitrogens with two attached hydrogens (primary N) is 1. The van der Waals surface area contributed by atoms with Gasteiger partial charge in [0.2, 0.25) is 5.75 Å². The third-order valence-corrected chi connectivity index (χ3v) is 4.25. The quantitative estimate of drug-likeness (QED) is 0.775. The molecule has 0 spiro atoms. The highest BCUT2D eigenvalue weighted by atomic mass is 19.3. The lowest BCUT2D eigenvalue weighted by Gasteiger charge is -2.20. The lowest BCUT2D eigenvalue weighted by molar-refractivity contribution is 0.0175. The summed E-state index contributed by atoms with van der Waals surface area (Å²) in [6.07, 6.45) is 0. The highest BCUT2D eigenvalue weighted by Gasteiger charge is 2.26. The zero-order chi connectivity index (χ0) is 18.8. The molecule has 2 aromatic carbocycles. The molecule has 2 aromatic rings. The first-order chi connectivity index (χ1) is 11.7. The van der Waals surface area contributed by atoms with E-state index in [1.54, 1.807) is 6.07 Å². The standard InChI is InChI=1S/C19H23F2NO3/c1-11(14-7-6-13(10-15(14)22)19(2,20)21)12-8-16(23-3)18(25-5)17(9-12)24-4/h6-11H,22H2,1-5H3. The van der Waals surface area contributed by atoms with Crippen LogP contribution in [-0.2, 0) is 5.92 Å². The predicted octanol–water partition coefficient (Wildman–Crippen LogP) is 4.56. The van der Waals surface area contributed by atoms with Gasteiger partial charge in [0.15, 0.2) is 11.5 Å². The summed E-state index contributed by atoms with van der Waals surface area (Å²) in [4.78, 5) is 0. The van der Waals surface area contributed by atoms with E-state index in [4.69, 9.17) is 19.9 Å². The van der Waals surface area contributed by atoms with Gasteiger partial charge in [0.1, 0.15) is 0 Å². The van der Waals surface area contributed by atoms with Gasteiger partial charge in [-0.25, -0.2) is 8.78 Å². The zero-order valence-electron chi connectivity index (χ0n) is 15.0. The molecule has 4 nitrogen and oxygen atoms in total.